The van der Waals surface area contributed by atoms with Crippen molar-refractivity contribution < 1.29 is 13.9 Å². The minimum Gasteiger partial charge on any atom is -0.458 e. The summed E-state index contributed by atoms with van der Waals surface area (Å²) in [5, 5.41) is 0. The predicted octanol–water partition coefficient (Wildman–Crippen LogP) is 2.55. The fourth-order valence-corrected chi connectivity index (χ4v) is 2.52. The lowest BCUT2D eigenvalue weighted by Gasteiger charge is -2.05. The van der Waals surface area contributed by atoms with Crippen LogP contribution in [0.4, 0.5) is 4.39 Å². The fourth-order valence-electron chi connectivity index (χ4n) is 1.48. The third kappa shape index (κ3) is 3.02. The van der Waals surface area contributed by atoms with E-state index >= 15 is 0 Å². The second-order valence-corrected chi connectivity index (χ2v) is 5.19. The number of alkyl halides is 1. The molecule has 0 saturated carbocycles. The molecule has 0 N–H and O–H groups in total. The first-order valence-electron chi connectivity index (χ1n) is 4.74. The number of thiazole rings is 1. The molecule has 1 aliphatic rings. The number of carbonyl (C=O) groups is 1. The Morgan fingerprint density at radius 1 is 1.62 bits per heavy atom. The molecule has 1 unspecified atom stereocenters. The van der Waals surface area contributed by atoms with Crippen LogP contribution in [-0.4, -0.2) is 23.7 Å². The van der Waals surface area contributed by atoms with E-state index in [0.29, 0.717) is 10.0 Å². The van der Waals surface area contributed by atoms with E-state index in [2.05, 4.69) is 4.98 Å². The minimum absolute atomic E-state index is 0.211. The molecule has 1 aliphatic heterocycles. The van der Waals surface area contributed by atoms with Crippen molar-refractivity contribution in [3.8, 4) is 0 Å². The van der Waals surface area contributed by atoms with Gasteiger partial charge in [-0.15, -0.1) is 11.3 Å². The highest BCUT2D eigenvalue weighted by atomic mass is 35.5. The second kappa shape index (κ2) is 4.93. The molecule has 2 heterocycles. The zero-order valence-electron chi connectivity index (χ0n) is 8.28. The summed E-state index contributed by atoms with van der Waals surface area (Å²) in [6.45, 7) is 0.211. The normalized spacial score (nSPS) is 17.1. The maximum atomic E-state index is 13.6. The van der Waals surface area contributed by atoms with E-state index in [1.165, 1.54) is 17.4 Å². The Bertz CT molecular complexity index is 432. The quantitative estimate of drug-likeness (QED) is 0.782. The maximum absolute atomic E-state index is 13.6. The molecular weight excluding hydrogens is 253 g/mol. The van der Waals surface area contributed by atoms with Crippen LogP contribution in [0.25, 0.3) is 0 Å². The largest absolute Gasteiger partial charge is 0.458 e. The zero-order chi connectivity index (χ0) is 11.5. The summed E-state index contributed by atoms with van der Waals surface area (Å²) in [6, 6.07) is 0. The van der Waals surface area contributed by atoms with Crippen LogP contribution in [0, 0.1) is 0 Å². The van der Waals surface area contributed by atoms with Crippen LogP contribution in [-0.2, 0) is 16.0 Å². The molecule has 86 valence electrons. The van der Waals surface area contributed by atoms with Gasteiger partial charge in [-0.1, -0.05) is 11.6 Å². The Morgan fingerprint density at radius 2 is 2.44 bits per heavy atom. The van der Waals surface area contributed by atoms with E-state index in [-0.39, 0.29) is 25.4 Å². The first-order chi connectivity index (χ1) is 7.63. The lowest BCUT2D eigenvalue weighted by atomic mass is 10.1. The molecule has 1 aromatic rings. The van der Waals surface area contributed by atoms with Crippen LogP contribution in [0.5, 0.6) is 0 Å². The molecule has 0 amide bonds. The van der Waals surface area contributed by atoms with Crippen molar-refractivity contribution in [2.75, 3.05) is 6.61 Å². The Kier molecular flexibility index (Phi) is 3.56. The van der Waals surface area contributed by atoms with Crippen molar-refractivity contribution >= 4 is 28.9 Å². The number of esters is 1. The van der Waals surface area contributed by atoms with Gasteiger partial charge in [-0.05, 0) is 5.57 Å². The predicted molar refractivity (Wildman–Crippen MR) is 59.4 cm³/mol. The number of halogens is 2. The standard InChI is InChI=1S/C10H9ClFNO2S/c11-10-13-4-8(16-10)3-7(12)1-6-2-9(14)15-5-6/h2,4,7H,1,3,5H2. The molecular formula is C10H9ClFNO2S. The van der Waals surface area contributed by atoms with Crippen molar-refractivity contribution in [1.82, 2.24) is 4.98 Å². The smallest absolute Gasteiger partial charge is 0.331 e. The summed E-state index contributed by atoms with van der Waals surface area (Å²) in [7, 11) is 0. The van der Waals surface area contributed by atoms with Crippen molar-refractivity contribution in [2.24, 2.45) is 0 Å². The van der Waals surface area contributed by atoms with Crippen LogP contribution >= 0.6 is 22.9 Å². The molecule has 2 rings (SSSR count). The molecule has 1 aromatic heterocycles. The van der Waals surface area contributed by atoms with E-state index < -0.39 is 6.17 Å². The number of hydrogen-bond acceptors (Lipinski definition) is 4. The summed E-state index contributed by atoms with van der Waals surface area (Å²) in [6.07, 6.45) is 2.39. The third-order valence-corrected chi connectivity index (χ3v) is 3.29. The van der Waals surface area contributed by atoms with Gasteiger partial charge in [0.15, 0.2) is 4.47 Å². The Balaban J connectivity index is 1.87. The van der Waals surface area contributed by atoms with Gasteiger partial charge in [-0.25, -0.2) is 14.2 Å². The average molecular weight is 262 g/mol. The van der Waals surface area contributed by atoms with E-state index in [4.69, 9.17) is 16.3 Å². The lowest BCUT2D eigenvalue weighted by molar-refractivity contribution is -0.134. The van der Waals surface area contributed by atoms with Gasteiger partial charge in [-0.3, -0.25) is 0 Å². The number of rotatable bonds is 4. The molecule has 1 atom stereocenters. The summed E-state index contributed by atoms with van der Waals surface area (Å²) in [5.41, 5.74) is 0.702. The molecule has 0 bridgehead atoms. The number of aromatic nitrogens is 1. The van der Waals surface area contributed by atoms with Crippen molar-refractivity contribution in [2.45, 2.75) is 19.0 Å². The second-order valence-electron chi connectivity index (χ2n) is 3.50. The number of hydrogen-bond donors (Lipinski definition) is 0. The maximum Gasteiger partial charge on any atom is 0.331 e. The molecule has 0 aliphatic carbocycles. The Labute approximate surface area is 101 Å². The highest BCUT2D eigenvalue weighted by Crippen LogP contribution is 2.23. The molecule has 0 fully saturated rings. The van der Waals surface area contributed by atoms with Gasteiger partial charge in [-0.2, -0.15) is 0 Å². The summed E-state index contributed by atoms with van der Waals surface area (Å²) in [5.74, 6) is -0.386. The number of ether oxygens (including phenoxy) is 1. The molecule has 16 heavy (non-hydrogen) atoms. The molecule has 0 aromatic carbocycles. The summed E-state index contributed by atoms with van der Waals surface area (Å²) >= 11 is 6.91. The van der Waals surface area contributed by atoms with Crippen LogP contribution in [0.15, 0.2) is 17.8 Å². The van der Waals surface area contributed by atoms with Gasteiger partial charge in [0, 0.05) is 30.0 Å². The van der Waals surface area contributed by atoms with Gasteiger partial charge < -0.3 is 4.74 Å². The topological polar surface area (TPSA) is 39.2 Å². The van der Waals surface area contributed by atoms with Gasteiger partial charge in [0.1, 0.15) is 12.8 Å². The molecule has 6 heteroatoms. The summed E-state index contributed by atoms with van der Waals surface area (Å²) < 4.78 is 18.7. The van der Waals surface area contributed by atoms with E-state index in [1.54, 1.807) is 6.20 Å². The Hall–Kier alpha value is -0.940. The highest BCUT2D eigenvalue weighted by molar-refractivity contribution is 7.15. The number of cyclic esters (lactones) is 1. The van der Waals surface area contributed by atoms with Gasteiger partial charge in [0.2, 0.25) is 0 Å². The summed E-state index contributed by atoms with van der Waals surface area (Å²) in [4.78, 5) is 15.4. The van der Waals surface area contributed by atoms with Crippen molar-refractivity contribution in [3.63, 3.8) is 0 Å². The van der Waals surface area contributed by atoms with Crippen molar-refractivity contribution in [3.05, 3.63) is 27.2 Å². The van der Waals surface area contributed by atoms with Gasteiger partial charge in [0.05, 0.1) is 0 Å². The van der Waals surface area contributed by atoms with Crippen LogP contribution in [0.1, 0.15) is 11.3 Å². The molecule has 0 spiro atoms. The monoisotopic (exact) mass is 261 g/mol. The molecule has 3 nitrogen and oxygen atoms in total. The lowest BCUT2D eigenvalue weighted by Crippen LogP contribution is -2.06. The van der Waals surface area contributed by atoms with E-state index in [9.17, 15) is 9.18 Å². The molecule has 0 saturated heterocycles. The van der Waals surface area contributed by atoms with Crippen molar-refractivity contribution in [1.29, 1.82) is 0 Å². The average Bonchev–Trinajstić information content (AvgIpc) is 2.76. The SMILES string of the molecule is O=C1C=C(CC(F)Cc2cnc(Cl)s2)CO1. The zero-order valence-corrected chi connectivity index (χ0v) is 9.85. The number of nitrogens with zero attached hydrogens (tertiary/aromatic N) is 1. The van der Waals surface area contributed by atoms with Gasteiger partial charge in [0.25, 0.3) is 0 Å². The first kappa shape index (κ1) is 11.5. The number of carbonyl (C=O) groups excluding carboxylic acids is 1. The molecule has 0 radical (unpaired) electrons. The fraction of sp³-hybridized carbons (Fsp3) is 0.400. The highest BCUT2D eigenvalue weighted by Gasteiger charge is 2.18. The van der Waals surface area contributed by atoms with Crippen LogP contribution in [0.2, 0.25) is 4.47 Å². The van der Waals surface area contributed by atoms with Gasteiger partial charge >= 0.3 is 5.97 Å². The third-order valence-electron chi connectivity index (χ3n) is 2.15. The Morgan fingerprint density at radius 3 is 3.00 bits per heavy atom. The van der Waals surface area contributed by atoms with E-state index in [1.807, 2.05) is 0 Å². The van der Waals surface area contributed by atoms with E-state index in [0.717, 1.165) is 4.88 Å². The van der Waals surface area contributed by atoms with Crippen LogP contribution < -0.4 is 0 Å². The first-order valence-corrected chi connectivity index (χ1v) is 5.93. The van der Waals surface area contributed by atoms with Crippen LogP contribution in [0.3, 0.4) is 0 Å². The minimum atomic E-state index is -1.03.